The van der Waals surface area contributed by atoms with Crippen LogP contribution in [0.15, 0.2) is 84.9 Å². The van der Waals surface area contributed by atoms with Crippen LogP contribution in [0.4, 0.5) is 0 Å². The molecule has 0 aliphatic heterocycles. The number of phenolic OH excluding ortho intramolecular Hbond substituents is 1. The summed E-state index contributed by atoms with van der Waals surface area (Å²) in [5.41, 5.74) is 0. The van der Waals surface area contributed by atoms with Crippen molar-refractivity contribution in [2.24, 2.45) is 0 Å². The van der Waals surface area contributed by atoms with Gasteiger partial charge < -0.3 is 5.11 Å². The predicted molar refractivity (Wildman–Crippen MR) is 94.2 cm³/mol. The second-order valence-electron chi connectivity index (χ2n) is 4.80. The molecule has 0 atom stereocenters. The number of hydrogen-bond donors (Lipinski definition) is 1. The second kappa shape index (κ2) is 5.85. The van der Waals surface area contributed by atoms with Gasteiger partial charge in [0.15, 0.2) is 0 Å². The van der Waals surface area contributed by atoms with Crippen LogP contribution in [0.1, 0.15) is 0 Å². The molecule has 0 radical (unpaired) electrons. The molecular weight excluding hydrogens is 295 g/mol. The molecule has 3 aromatic rings. The molecule has 0 aliphatic rings. The topological polar surface area (TPSA) is 20.2 Å². The van der Waals surface area contributed by atoms with Crippen molar-refractivity contribution in [1.82, 2.24) is 0 Å². The van der Waals surface area contributed by atoms with Crippen LogP contribution < -0.4 is 15.9 Å². The Kier molecular flexibility index (Phi) is 3.92. The number of benzene rings is 3. The fourth-order valence-electron chi connectivity index (χ4n) is 2.39. The third kappa shape index (κ3) is 2.65. The third-order valence-corrected chi connectivity index (χ3v) is 8.43. The van der Waals surface area contributed by atoms with Crippen LogP contribution in [0.5, 0.6) is 5.75 Å². The standard InChI is InChI=1S/C18H15OPS/c19-15-11-13-18(14-12-15)20(21,16-7-3-1-4-8-16)17-9-5-2-6-10-17/h1-14,19H. The molecule has 0 aromatic heterocycles. The van der Waals surface area contributed by atoms with Gasteiger partial charge in [-0.2, -0.15) is 0 Å². The minimum Gasteiger partial charge on any atom is -0.508 e. The molecular formula is C18H15OPS. The van der Waals surface area contributed by atoms with Crippen LogP contribution in [0.2, 0.25) is 0 Å². The molecule has 0 bridgehead atoms. The average molecular weight is 310 g/mol. The molecule has 0 heterocycles. The van der Waals surface area contributed by atoms with E-state index in [-0.39, 0.29) is 5.75 Å². The number of rotatable bonds is 3. The van der Waals surface area contributed by atoms with Gasteiger partial charge in [-0.15, -0.1) is 0 Å². The molecule has 0 unspecified atom stereocenters. The van der Waals surface area contributed by atoms with Gasteiger partial charge in [-0.05, 0) is 40.2 Å². The normalized spacial score (nSPS) is 11.2. The number of aromatic hydroxyl groups is 1. The summed E-state index contributed by atoms with van der Waals surface area (Å²) in [5, 5.41) is 13.0. The largest absolute Gasteiger partial charge is 0.508 e. The average Bonchev–Trinajstić information content (AvgIpc) is 2.56. The quantitative estimate of drug-likeness (QED) is 0.750. The van der Waals surface area contributed by atoms with Crippen LogP contribution in [0.3, 0.4) is 0 Å². The van der Waals surface area contributed by atoms with Crippen molar-refractivity contribution in [2.75, 3.05) is 0 Å². The maximum absolute atomic E-state index is 9.54. The fraction of sp³-hybridized carbons (Fsp3) is 0. The molecule has 0 saturated heterocycles. The minimum absolute atomic E-state index is 0.265. The van der Waals surface area contributed by atoms with Gasteiger partial charge in [0.2, 0.25) is 0 Å². The van der Waals surface area contributed by atoms with Crippen LogP contribution in [-0.2, 0) is 11.8 Å². The molecule has 1 nitrogen and oxygen atoms in total. The zero-order valence-electron chi connectivity index (χ0n) is 11.4. The first-order chi connectivity index (χ1) is 10.2. The van der Waals surface area contributed by atoms with Gasteiger partial charge in [-0.3, -0.25) is 0 Å². The van der Waals surface area contributed by atoms with E-state index in [4.69, 9.17) is 11.8 Å². The maximum atomic E-state index is 9.54. The van der Waals surface area contributed by atoms with Crippen LogP contribution in [0.25, 0.3) is 0 Å². The molecule has 1 N–H and O–H groups in total. The Bertz CT molecular complexity index is 724. The van der Waals surface area contributed by atoms with E-state index in [1.807, 2.05) is 48.5 Å². The first-order valence-corrected chi connectivity index (χ1v) is 9.52. The van der Waals surface area contributed by atoms with Crippen molar-refractivity contribution in [2.45, 2.75) is 0 Å². The van der Waals surface area contributed by atoms with Gasteiger partial charge in [0.25, 0.3) is 0 Å². The zero-order chi connectivity index (χ0) is 14.7. The molecule has 0 saturated carbocycles. The molecule has 3 aromatic carbocycles. The van der Waals surface area contributed by atoms with Crippen LogP contribution in [-0.4, -0.2) is 5.11 Å². The van der Waals surface area contributed by atoms with Gasteiger partial charge in [-0.25, -0.2) is 0 Å². The van der Waals surface area contributed by atoms with Crippen molar-refractivity contribution in [3.8, 4) is 5.75 Å². The first kappa shape index (κ1) is 14.1. The predicted octanol–water partition coefficient (Wildman–Crippen LogP) is 3.15. The lowest BCUT2D eigenvalue weighted by molar-refractivity contribution is 0.475. The lowest BCUT2D eigenvalue weighted by atomic mass is 10.3. The lowest BCUT2D eigenvalue weighted by Crippen LogP contribution is -2.24. The van der Waals surface area contributed by atoms with Gasteiger partial charge in [0.1, 0.15) is 5.75 Å². The molecule has 104 valence electrons. The van der Waals surface area contributed by atoms with Crippen molar-refractivity contribution in [3.05, 3.63) is 84.9 Å². The maximum Gasteiger partial charge on any atom is 0.115 e. The van der Waals surface area contributed by atoms with Gasteiger partial charge in [-0.1, -0.05) is 72.5 Å². The summed E-state index contributed by atoms with van der Waals surface area (Å²) in [4.78, 5) is 0. The highest BCUT2D eigenvalue weighted by Crippen LogP contribution is 2.42. The molecule has 0 fully saturated rings. The summed E-state index contributed by atoms with van der Waals surface area (Å²) in [6.07, 6.45) is 0. The highest BCUT2D eigenvalue weighted by atomic mass is 32.4. The van der Waals surface area contributed by atoms with Crippen molar-refractivity contribution in [1.29, 1.82) is 0 Å². The summed E-state index contributed by atoms with van der Waals surface area (Å²) in [5.74, 6) is 0.265. The SMILES string of the molecule is Oc1ccc(P(=S)(c2ccccc2)c2ccccc2)cc1. The third-order valence-electron chi connectivity index (χ3n) is 3.45. The Balaban J connectivity index is 2.26. The Hall–Kier alpha value is -1.89. The van der Waals surface area contributed by atoms with E-state index in [1.54, 1.807) is 12.1 Å². The van der Waals surface area contributed by atoms with Crippen molar-refractivity contribution in [3.63, 3.8) is 0 Å². The zero-order valence-corrected chi connectivity index (χ0v) is 13.1. The van der Waals surface area contributed by atoms with Gasteiger partial charge >= 0.3 is 0 Å². The van der Waals surface area contributed by atoms with Crippen molar-refractivity contribution < 1.29 is 5.11 Å². The highest BCUT2D eigenvalue weighted by molar-refractivity contribution is 8.25. The van der Waals surface area contributed by atoms with Crippen LogP contribution in [0, 0.1) is 0 Å². The Morgan fingerprint density at radius 3 is 1.38 bits per heavy atom. The molecule has 0 amide bonds. The molecule has 3 rings (SSSR count). The molecule has 0 spiro atoms. The van der Waals surface area contributed by atoms with E-state index in [0.29, 0.717) is 0 Å². The Morgan fingerprint density at radius 1 is 0.571 bits per heavy atom. The number of hydrogen-bond acceptors (Lipinski definition) is 2. The second-order valence-corrected chi connectivity index (χ2v) is 9.21. The Morgan fingerprint density at radius 2 is 0.952 bits per heavy atom. The van der Waals surface area contributed by atoms with E-state index in [9.17, 15) is 5.11 Å². The molecule has 0 aliphatic carbocycles. The van der Waals surface area contributed by atoms with E-state index >= 15 is 0 Å². The van der Waals surface area contributed by atoms with Gasteiger partial charge in [0, 0.05) is 6.04 Å². The lowest BCUT2D eigenvalue weighted by Gasteiger charge is -2.24. The summed E-state index contributed by atoms with van der Waals surface area (Å²) in [7, 11) is 0. The van der Waals surface area contributed by atoms with Gasteiger partial charge in [0.05, 0.1) is 0 Å². The number of phenols is 1. The highest BCUT2D eigenvalue weighted by Gasteiger charge is 2.24. The van der Waals surface area contributed by atoms with E-state index < -0.39 is 6.04 Å². The Labute approximate surface area is 129 Å². The summed E-state index contributed by atoms with van der Waals surface area (Å²) in [6.45, 7) is 0. The van der Waals surface area contributed by atoms with E-state index in [2.05, 4.69) is 24.3 Å². The van der Waals surface area contributed by atoms with E-state index in [1.165, 1.54) is 0 Å². The monoisotopic (exact) mass is 310 g/mol. The van der Waals surface area contributed by atoms with Crippen molar-refractivity contribution >= 4 is 33.8 Å². The minimum atomic E-state index is -2.07. The van der Waals surface area contributed by atoms with Crippen LogP contribution >= 0.6 is 6.04 Å². The smallest absolute Gasteiger partial charge is 0.115 e. The summed E-state index contributed by atoms with van der Waals surface area (Å²) >= 11 is 6.17. The van der Waals surface area contributed by atoms with E-state index in [0.717, 1.165) is 15.9 Å². The summed E-state index contributed by atoms with van der Waals surface area (Å²) < 4.78 is 0. The molecule has 3 heteroatoms. The first-order valence-electron chi connectivity index (χ1n) is 6.72. The fourth-order valence-corrected chi connectivity index (χ4v) is 6.13. The summed E-state index contributed by atoms with van der Waals surface area (Å²) in [6, 6.07) is 25.7. The molecule has 21 heavy (non-hydrogen) atoms.